The number of carbonyl (C=O) groups excluding carboxylic acids is 2. The van der Waals surface area contributed by atoms with Gasteiger partial charge in [-0.1, -0.05) is 55.1 Å². The van der Waals surface area contributed by atoms with Crippen LogP contribution in [0.25, 0.3) is 0 Å². The zero-order chi connectivity index (χ0) is 17.6. The zero-order valence-corrected chi connectivity index (χ0v) is 14.7. The van der Waals surface area contributed by atoms with Crippen LogP contribution >= 0.6 is 11.8 Å². The van der Waals surface area contributed by atoms with Crippen molar-refractivity contribution in [3.63, 3.8) is 0 Å². The first-order chi connectivity index (χ1) is 12.2. The average Bonchev–Trinajstić information content (AvgIpc) is 2.95. The van der Waals surface area contributed by atoms with Crippen LogP contribution in [0.2, 0.25) is 0 Å². The number of thioether (sulfide) groups is 1. The van der Waals surface area contributed by atoms with Crippen LogP contribution < -0.4 is 10.6 Å². The molecule has 2 amide bonds. The maximum absolute atomic E-state index is 12.3. The average molecular weight is 353 g/mol. The van der Waals surface area contributed by atoms with Gasteiger partial charge in [0.15, 0.2) is 5.17 Å². The molecule has 0 spiro atoms. The van der Waals surface area contributed by atoms with E-state index in [1.807, 2.05) is 61.5 Å². The Morgan fingerprint density at radius 1 is 1.16 bits per heavy atom. The predicted octanol–water partition coefficient (Wildman–Crippen LogP) is 3.50. The van der Waals surface area contributed by atoms with Crippen LogP contribution in [0.5, 0.6) is 0 Å². The maximum atomic E-state index is 12.3. The minimum absolute atomic E-state index is 0.113. The van der Waals surface area contributed by atoms with Crippen molar-refractivity contribution < 1.29 is 9.59 Å². The van der Waals surface area contributed by atoms with Crippen LogP contribution in [-0.4, -0.2) is 22.2 Å². The maximum Gasteiger partial charge on any atom is 0.240 e. The number of aryl methyl sites for hydroxylation is 1. The van der Waals surface area contributed by atoms with Gasteiger partial charge in [0.05, 0.1) is 5.69 Å². The summed E-state index contributed by atoms with van der Waals surface area (Å²) < 4.78 is 0. The number of aliphatic imine (C=N–C) groups is 1. The van der Waals surface area contributed by atoms with E-state index in [1.54, 1.807) is 0 Å². The summed E-state index contributed by atoms with van der Waals surface area (Å²) in [5, 5.41) is 5.71. The van der Waals surface area contributed by atoms with Crippen molar-refractivity contribution in [2.75, 3.05) is 5.32 Å². The third-order valence-electron chi connectivity index (χ3n) is 3.81. The van der Waals surface area contributed by atoms with E-state index in [0.29, 0.717) is 5.17 Å². The fraction of sp³-hybridized carbons (Fsp3) is 0.211. The minimum atomic E-state index is -0.462. The van der Waals surface area contributed by atoms with E-state index < -0.39 is 5.25 Å². The number of carbonyl (C=O) groups is 2. The Hall–Kier alpha value is -2.60. The number of rotatable bonds is 5. The van der Waals surface area contributed by atoms with Gasteiger partial charge < -0.3 is 10.6 Å². The number of hydrogen-bond donors (Lipinski definition) is 2. The zero-order valence-electron chi connectivity index (χ0n) is 13.9. The Morgan fingerprint density at radius 3 is 2.64 bits per heavy atom. The lowest BCUT2D eigenvalue weighted by Crippen LogP contribution is -2.28. The molecule has 1 atom stereocenters. The second kappa shape index (κ2) is 7.98. The number of nitrogens with one attached hydrogen (secondary N) is 2. The first-order valence-corrected chi connectivity index (χ1v) is 9.02. The van der Waals surface area contributed by atoms with E-state index in [2.05, 4.69) is 15.6 Å². The molecule has 2 aromatic carbocycles. The van der Waals surface area contributed by atoms with Crippen LogP contribution in [0.15, 0.2) is 59.6 Å². The van der Waals surface area contributed by atoms with Crippen LogP contribution in [-0.2, 0) is 16.0 Å². The number of benzene rings is 2. The number of hydrogen-bond acceptors (Lipinski definition) is 4. The molecule has 2 aromatic rings. The monoisotopic (exact) mass is 353 g/mol. The number of amidine groups is 1. The molecule has 2 N–H and O–H groups in total. The second-order valence-electron chi connectivity index (χ2n) is 5.61. The van der Waals surface area contributed by atoms with Crippen molar-refractivity contribution in [2.45, 2.75) is 25.0 Å². The number of nitrogens with zero attached hydrogens (tertiary/aromatic N) is 1. The summed E-state index contributed by atoms with van der Waals surface area (Å²) in [6, 6.07) is 17.1. The van der Waals surface area contributed by atoms with E-state index in [-0.39, 0.29) is 18.2 Å². The summed E-state index contributed by atoms with van der Waals surface area (Å²) in [5.74, 6) is -0.354. The lowest BCUT2D eigenvalue weighted by molar-refractivity contribution is -0.122. The van der Waals surface area contributed by atoms with Crippen LogP contribution in [0.1, 0.15) is 18.9 Å². The van der Waals surface area contributed by atoms with Crippen molar-refractivity contribution in [2.24, 2.45) is 4.99 Å². The standard InChI is InChI=1S/C19H19N3O2S/c1-2-13-8-6-7-11-15(13)21-17(23)12-16-18(24)22-19(25-16)20-14-9-4-3-5-10-14/h3-11,16H,2,12H2,1H3,(H,21,23)(H,20,22,24)/t16-/m1/s1. The highest BCUT2D eigenvalue weighted by Crippen LogP contribution is 2.25. The highest BCUT2D eigenvalue weighted by molar-refractivity contribution is 8.15. The molecule has 0 aromatic heterocycles. The van der Waals surface area contributed by atoms with Gasteiger partial charge in [0.1, 0.15) is 5.25 Å². The van der Waals surface area contributed by atoms with Crippen LogP contribution in [0, 0.1) is 0 Å². The molecule has 0 saturated carbocycles. The first-order valence-electron chi connectivity index (χ1n) is 8.14. The number of amides is 2. The first kappa shape index (κ1) is 17.2. The smallest absolute Gasteiger partial charge is 0.240 e. The number of para-hydroxylation sites is 2. The summed E-state index contributed by atoms with van der Waals surface area (Å²) in [6.07, 6.45) is 0.950. The largest absolute Gasteiger partial charge is 0.326 e. The molecule has 1 aliphatic heterocycles. The summed E-state index contributed by atoms with van der Waals surface area (Å²) in [4.78, 5) is 28.8. The predicted molar refractivity (Wildman–Crippen MR) is 102 cm³/mol. The third-order valence-corrected chi connectivity index (χ3v) is 4.89. The molecule has 1 fully saturated rings. The van der Waals surface area contributed by atoms with Gasteiger partial charge in [-0.3, -0.25) is 9.59 Å². The van der Waals surface area contributed by atoms with Gasteiger partial charge in [0.25, 0.3) is 0 Å². The molecular weight excluding hydrogens is 334 g/mol. The summed E-state index contributed by atoms with van der Waals surface area (Å²) in [5.41, 5.74) is 2.65. The summed E-state index contributed by atoms with van der Waals surface area (Å²) in [6.45, 7) is 2.04. The molecule has 1 saturated heterocycles. The highest BCUT2D eigenvalue weighted by atomic mass is 32.2. The van der Waals surface area contributed by atoms with Crippen molar-refractivity contribution >= 4 is 40.1 Å². The van der Waals surface area contributed by atoms with Gasteiger partial charge >= 0.3 is 0 Å². The molecule has 5 nitrogen and oxygen atoms in total. The lowest BCUT2D eigenvalue weighted by Gasteiger charge is -2.10. The van der Waals surface area contributed by atoms with Crippen molar-refractivity contribution in [3.05, 3.63) is 60.2 Å². The lowest BCUT2D eigenvalue weighted by atomic mass is 10.1. The van der Waals surface area contributed by atoms with Gasteiger partial charge in [-0.2, -0.15) is 0 Å². The molecule has 1 aliphatic rings. The highest BCUT2D eigenvalue weighted by Gasteiger charge is 2.32. The molecule has 1 heterocycles. The van der Waals surface area contributed by atoms with Gasteiger partial charge in [-0.25, -0.2) is 4.99 Å². The van der Waals surface area contributed by atoms with Crippen LogP contribution in [0.3, 0.4) is 0 Å². The molecule has 128 valence electrons. The molecule has 6 heteroatoms. The van der Waals surface area contributed by atoms with E-state index in [4.69, 9.17) is 0 Å². The Kier molecular flexibility index (Phi) is 5.50. The van der Waals surface area contributed by atoms with Crippen molar-refractivity contribution in [1.82, 2.24) is 5.32 Å². The van der Waals surface area contributed by atoms with Gasteiger partial charge in [-0.05, 0) is 30.2 Å². The molecule has 0 radical (unpaired) electrons. The normalized spacial score (nSPS) is 18.2. The summed E-state index contributed by atoms with van der Waals surface area (Å²) in [7, 11) is 0. The fourth-order valence-corrected chi connectivity index (χ4v) is 3.52. The Morgan fingerprint density at radius 2 is 1.88 bits per heavy atom. The molecule has 3 rings (SSSR count). The Labute approximate surface area is 150 Å². The second-order valence-corrected chi connectivity index (χ2v) is 6.80. The van der Waals surface area contributed by atoms with E-state index in [1.165, 1.54) is 11.8 Å². The number of anilines is 1. The Bertz CT molecular complexity index is 805. The molecule has 0 unspecified atom stereocenters. The van der Waals surface area contributed by atoms with Gasteiger partial charge in [0.2, 0.25) is 11.8 Å². The van der Waals surface area contributed by atoms with Crippen LogP contribution in [0.4, 0.5) is 11.4 Å². The van der Waals surface area contributed by atoms with Crippen molar-refractivity contribution in [1.29, 1.82) is 0 Å². The van der Waals surface area contributed by atoms with E-state index >= 15 is 0 Å². The molecular formula is C19H19N3O2S. The van der Waals surface area contributed by atoms with Gasteiger partial charge in [0, 0.05) is 12.1 Å². The van der Waals surface area contributed by atoms with Gasteiger partial charge in [-0.15, -0.1) is 0 Å². The quantitative estimate of drug-likeness (QED) is 0.864. The third kappa shape index (κ3) is 4.48. The van der Waals surface area contributed by atoms with E-state index in [0.717, 1.165) is 23.4 Å². The molecule has 0 bridgehead atoms. The molecule has 0 aliphatic carbocycles. The fourth-order valence-electron chi connectivity index (χ4n) is 2.53. The summed E-state index contributed by atoms with van der Waals surface area (Å²) >= 11 is 1.29. The van der Waals surface area contributed by atoms with Crippen molar-refractivity contribution in [3.8, 4) is 0 Å². The van der Waals surface area contributed by atoms with E-state index in [9.17, 15) is 9.59 Å². The molecule has 25 heavy (non-hydrogen) atoms. The topological polar surface area (TPSA) is 70.6 Å². The minimum Gasteiger partial charge on any atom is -0.326 e. The SMILES string of the molecule is CCc1ccccc1NC(=O)C[C@H]1SC(=Nc2ccccc2)NC1=O. The Balaban J connectivity index is 1.62.